The van der Waals surface area contributed by atoms with Crippen LogP contribution in [0.15, 0.2) is 54.6 Å². The van der Waals surface area contributed by atoms with Crippen LogP contribution in [0.3, 0.4) is 0 Å². The van der Waals surface area contributed by atoms with Gasteiger partial charge in [0.1, 0.15) is 0 Å². The highest BCUT2D eigenvalue weighted by Crippen LogP contribution is 2.18. The highest BCUT2D eigenvalue weighted by Gasteiger charge is 2.09. The van der Waals surface area contributed by atoms with Crippen molar-refractivity contribution in [2.75, 3.05) is 12.4 Å². The highest BCUT2D eigenvalue weighted by molar-refractivity contribution is 6.05. The summed E-state index contributed by atoms with van der Waals surface area (Å²) in [5, 5.41) is 2.83. The maximum Gasteiger partial charge on any atom is 0.330 e. The number of amides is 2. The standard InChI is InChI=1S/C20H20N2O4/c1-26-19(24)12-10-15-6-2-3-8-17(15)22-20(25)16-7-4-5-14(13-16)9-11-18(21)23/h2-8,10,12-13H,9,11H2,1H3,(H2,21,23)(H,22,25)/b12-10+. The quantitative estimate of drug-likeness (QED) is 0.591. The number of nitrogens with two attached hydrogens (primary N) is 1. The maximum atomic E-state index is 12.5. The third-order valence-corrected chi connectivity index (χ3v) is 3.66. The van der Waals surface area contributed by atoms with Gasteiger partial charge in [-0.3, -0.25) is 9.59 Å². The van der Waals surface area contributed by atoms with Gasteiger partial charge in [0.2, 0.25) is 5.91 Å². The van der Waals surface area contributed by atoms with Gasteiger partial charge in [0.15, 0.2) is 0 Å². The summed E-state index contributed by atoms with van der Waals surface area (Å²) in [6.45, 7) is 0. The molecule has 134 valence electrons. The number of rotatable bonds is 7. The van der Waals surface area contributed by atoms with Crippen LogP contribution in [0.2, 0.25) is 0 Å². The molecule has 0 heterocycles. The van der Waals surface area contributed by atoms with Crippen molar-refractivity contribution < 1.29 is 19.1 Å². The summed E-state index contributed by atoms with van der Waals surface area (Å²) in [6, 6.07) is 14.1. The Morgan fingerprint density at radius 1 is 1.12 bits per heavy atom. The minimum absolute atomic E-state index is 0.228. The number of benzene rings is 2. The highest BCUT2D eigenvalue weighted by atomic mass is 16.5. The molecule has 26 heavy (non-hydrogen) atoms. The molecule has 2 amide bonds. The number of methoxy groups -OCH3 is 1. The fourth-order valence-corrected chi connectivity index (χ4v) is 2.31. The number of anilines is 1. The Morgan fingerprint density at radius 3 is 2.62 bits per heavy atom. The van der Waals surface area contributed by atoms with Crippen LogP contribution in [0.25, 0.3) is 6.08 Å². The molecule has 2 rings (SSSR count). The topological polar surface area (TPSA) is 98.5 Å². The van der Waals surface area contributed by atoms with Crippen LogP contribution in [-0.4, -0.2) is 24.9 Å². The van der Waals surface area contributed by atoms with E-state index in [1.165, 1.54) is 13.2 Å². The molecule has 6 nitrogen and oxygen atoms in total. The molecule has 2 aromatic rings. The average molecular weight is 352 g/mol. The van der Waals surface area contributed by atoms with E-state index in [1.807, 2.05) is 6.07 Å². The molecule has 0 saturated heterocycles. The van der Waals surface area contributed by atoms with Crippen LogP contribution in [-0.2, 0) is 20.7 Å². The predicted molar refractivity (Wildman–Crippen MR) is 99.4 cm³/mol. The largest absolute Gasteiger partial charge is 0.466 e. The second-order valence-corrected chi connectivity index (χ2v) is 5.56. The van der Waals surface area contributed by atoms with Crippen molar-refractivity contribution in [1.82, 2.24) is 0 Å². The van der Waals surface area contributed by atoms with Gasteiger partial charge in [0, 0.05) is 23.7 Å². The summed E-state index contributed by atoms with van der Waals surface area (Å²) in [5.41, 5.74) is 7.73. The molecule has 0 atom stereocenters. The molecule has 6 heteroatoms. The lowest BCUT2D eigenvalue weighted by molar-refractivity contribution is -0.134. The number of primary amides is 1. The van der Waals surface area contributed by atoms with Crippen molar-refractivity contribution in [2.45, 2.75) is 12.8 Å². The number of nitrogens with one attached hydrogen (secondary N) is 1. The first-order chi connectivity index (χ1) is 12.5. The SMILES string of the molecule is COC(=O)/C=C/c1ccccc1NC(=O)c1cccc(CCC(N)=O)c1. The Morgan fingerprint density at radius 2 is 1.88 bits per heavy atom. The van der Waals surface area contributed by atoms with E-state index in [-0.39, 0.29) is 18.2 Å². The fraction of sp³-hybridized carbons (Fsp3) is 0.150. The van der Waals surface area contributed by atoms with E-state index >= 15 is 0 Å². The Bertz CT molecular complexity index is 843. The molecule has 0 radical (unpaired) electrons. The lowest BCUT2D eigenvalue weighted by atomic mass is 10.1. The molecule has 0 fully saturated rings. The Labute approximate surface area is 151 Å². The second kappa shape index (κ2) is 9.17. The number of carbonyl (C=O) groups is 3. The molecule has 0 aliphatic carbocycles. The van der Waals surface area contributed by atoms with Crippen LogP contribution in [0, 0.1) is 0 Å². The van der Waals surface area contributed by atoms with Gasteiger partial charge in [-0.15, -0.1) is 0 Å². The summed E-state index contributed by atoms with van der Waals surface area (Å²) < 4.78 is 4.57. The minimum atomic E-state index is -0.478. The molecule has 0 unspecified atom stereocenters. The van der Waals surface area contributed by atoms with E-state index in [9.17, 15) is 14.4 Å². The summed E-state index contributed by atoms with van der Waals surface area (Å²) in [6.07, 6.45) is 3.57. The summed E-state index contributed by atoms with van der Waals surface area (Å²) >= 11 is 0. The van der Waals surface area contributed by atoms with E-state index < -0.39 is 5.97 Å². The van der Waals surface area contributed by atoms with Crippen molar-refractivity contribution in [1.29, 1.82) is 0 Å². The van der Waals surface area contributed by atoms with Gasteiger partial charge in [0.25, 0.3) is 5.91 Å². The third kappa shape index (κ3) is 5.59. The van der Waals surface area contributed by atoms with Gasteiger partial charge in [-0.1, -0.05) is 30.3 Å². The van der Waals surface area contributed by atoms with E-state index in [0.29, 0.717) is 23.2 Å². The lowest BCUT2D eigenvalue weighted by Gasteiger charge is -2.09. The van der Waals surface area contributed by atoms with Crippen LogP contribution in [0.1, 0.15) is 27.9 Å². The smallest absolute Gasteiger partial charge is 0.330 e. The lowest BCUT2D eigenvalue weighted by Crippen LogP contribution is -2.14. The Balaban J connectivity index is 2.15. The zero-order valence-corrected chi connectivity index (χ0v) is 14.4. The predicted octanol–water partition coefficient (Wildman–Crippen LogP) is 2.54. The van der Waals surface area contributed by atoms with Crippen LogP contribution in [0.4, 0.5) is 5.69 Å². The first kappa shape index (κ1) is 18.9. The van der Waals surface area contributed by atoms with Crippen LogP contribution < -0.4 is 11.1 Å². The number of hydrogen-bond acceptors (Lipinski definition) is 4. The fourth-order valence-electron chi connectivity index (χ4n) is 2.31. The average Bonchev–Trinajstić information content (AvgIpc) is 2.65. The van der Waals surface area contributed by atoms with E-state index in [1.54, 1.807) is 48.5 Å². The summed E-state index contributed by atoms with van der Waals surface area (Å²) in [4.78, 5) is 34.7. The van der Waals surface area contributed by atoms with Gasteiger partial charge < -0.3 is 15.8 Å². The normalized spacial score (nSPS) is 10.5. The first-order valence-corrected chi connectivity index (χ1v) is 8.03. The number of hydrogen-bond donors (Lipinski definition) is 2. The Hall–Kier alpha value is -3.41. The number of aryl methyl sites for hydroxylation is 1. The number of ether oxygens (including phenoxy) is 1. The molecular weight excluding hydrogens is 332 g/mol. The zero-order chi connectivity index (χ0) is 18.9. The van der Waals surface area contributed by atoms with Crippen molar-refractivity contribution in [3.8, 4) is 0 Å². The molecule has 2 aromatic carbocycles. The maximum absolute atomic E-state index is 12.5. The Kier molecular flexibility index (Phi) is 6.68. The van der Waals surface area contributed by atoms with Crippen molar-refractivity contribution in [3.05, 3.63) is 71.3 Å². The summed E-state index contributed by atoms with van der Waals surface area (Å²) in [5.74, 6) is -1.15. The van der Waals surface area contributed by atoms with Gasteiger partial charge in [0.05, 0.1) is 7.11 Å². The van der Waals surface area contributed by atoms with E-state index in [0.717, 1.165) is 5.56 Å². The van der Waals surface area contributed by atoms with Crippen LogP contribution in [0.5, 0.6) is 0 Å². The molecule has 0 aromatic heterocycles. The number of carbonyl (C=O) groups excluding carboxylic acids is 3. The van der Waals surface area contributed by atoms with Gasteiger partial charge in [-0.25, -0.2) is 4.79 Å². The molecule has 0 aliphatic rings. The van der Waals surface area contributed by atoms with Gasteiger partial charge in [-0.05, 0) is 41.8 Å². The number of para-hydroxylation sites is 1. The summed E-state index contributed by atoms with van der Waals surface area (Å²) in [7, 11) is 1.30. The molecule has 0 bridgehead atoms. The van der Waals surface area contributed by atoms with Crippen molar-refractivity contribution in [3.63, 3.8) is 0 Å². The van der Waals surface area contributed by atoms with Crippen molar-refractivity contribution >= 4 is 29.5 Å². The molecule has 0 spiro atoms. The van der Waals surface area contributed by atoms with Gasteiger partial charge in [-0.2, -0.15) is 0 Å². The third-order valence-electron chi connectivity index (χ3n) is 3.66. The molecule has 0 saturated carbocycles. The molecular formula is C20H20N2O4. The molecule has 3 N–H and O–H groups in total. The van der Waals surface area contributed by atoms with Crippen molar-refractivity contribution in [2.24, 2.45) is 5.73 Å². The van der Waals surface area contributed by atoms with Crippen LogP contribution >= 0.6 is 0 Å². The van der Waals surface area contributed by atoms with E-state index in [4.69, 9.17) is 5.73 Å². The molecule has 0 aliphatic heterocycles. The van der Waals surface area contributed by atoms with E-state index in [2.05, 4.69) is 10.1 Å². The first-order valence-electron chi connectivity index (χ1n) is 8.03. The van der Waals surface area contributed by atoms with Gasteiger partial charge >= 0.3 is 5.97 Å². The zero-order valence-electron chi connectivity index (χ0n) is 14.4. The monoisotopic (exact) mass is 352 g/mol. The second-order valence-electron chi connectivity index (χ2n) is 5.56. The number of esters is 1. The minimum Gasteiger partial charge on any atom is -0.466 e.